The number of methoxy groups -OCH3 is 1. The molecule has 0 heterocycles. The van der Waals surface area contributed by atoms with E-state index in [1.165, 1.54) is 19.3 Å². The summed E-state index contributed by atoms with van der Waals surface area (Å²) in [4.78, 5) is 10.5. The zero-order valence-electron chi connectivity index (χ0n) is 7.66. The van der Waals surface area contributed by atoms with E-state index in [4.69, 9.17) is 22.1 Å². The summed E-state index contributed by atoms with van der Waals surface area (Å²) >= 11 is 5.91. The first kappa shape index (κ1) is 10.6. The Labute approximate surface area is 87.1 Å². The van der Waals surface area contributed by atoms with Crippen molar-refractivity contribution in [3.63, 3.8) is 0 Å². The van der Waals surface area contributed by atoms with E-state index >= 15 is 0 Å². The summed E-state index contributed by atoms with van der Waals surface area (Å²) in [6, 6.07) is 5.24. The molecule has 0 spiro atoms. The molecule has 1 amide bonds. The summed E-state index contributed by atoms with van der Waals surface area (Å²) in [7, 11) is 1.53. The number of carbonyl (C=O) groups excluding carboxylic acids is 1. The van der Waals surface area contributed by atoms with Crippen molar-refractivity contribution in [3.05, 3.63) is 34.9 Å². The Hall–Kier alpha value is -1.48. The highest BCUT2D eigenvalue weighted by molar-refractivity contribution is 6.32. The molecule has 74 valence electrons. The van der Waals surface area contributed by atoms with Crippen LogP contribution in [-0.2, 0) is 4.79 Å². The molecule has 0 fully saturated rings. The van der Waals surface area contributed by atoms with E-state index in [0.717, 1.165) is 0 Å². The molecule has 3 nitrogen and oxygen atoms in total. The number of carbonyl (C=O) groups is 1. The Balaban J connectivity index is 3.11. The van der Waals surface area contributed by atoms with E-state index in [1.807, 2.05) is 0 Å². The van der Waals surface area contributed by atoms with Gasteiger partial charge in [-0.15, -0.1) is 0 Å². The van der Waals surface area contributed by atoms with E-state index in [9.17, 15) is 4.79 Å². The summed E-state index contributed by atoms with van der Waals surface area (Å²) in [5, 5.41) is 0.516. The maximum absolute atomic E-state index is 10.5. The smallest absolute Gasteiger partial charge is 0.241 e. The fourth-order valence-electron chi connectivity index (χ4n) is 1.02. The first-order valence-corrected chi connectivity index (χ1v) is 4.33. The lowest BCUT2D eigenvalue weighted by Gasteiger charge is -2.05. The second-order valence-electron chi connectivity index (χ2n) is 2.59. The molecule has 0 atom stereocenters. The topological polar surface area (TPSA) is 52.3 Å². The minimum Gasteiger partial charge on any atom is -0.496 e. The SMILES string of the molecule is COc1cccc(Cl)c1C=CC(N)=O. The summed E-state index contributed by atoms with van der Waals surface area (Å²) in [5.74, 6) is 0.0852. The molecule has 0 saturated carbocycles. The average Bonchev–Trinajstić information content (AvgIpc) is 2.15. The van der Waals surface area contributed by atoms with Gasteiger partial charge in [0.2, 0.25) is 5.91 Å². The highest BCUT2D eigenvalue weighted by Crippen LogP contribution is 2.27. The summed E-state index contributed by atoms with van der Waals surface area (Å²) in [6.07, 6.45) is 2.77. The predicted octanol–water partition coefficient (Wildman–Crippen LogP) is 1.85. The number of hydrogen-bond acceptors (Lipinski definition) is 2. The molecule has 0 radical (unpaired) electrons. The van der Waals surface area contributed by atoms with E-state index in [1.54, 1.807) is 18.2 Å². The number of primary amides is 1. The van der Waals surface area contributed by atoms with Gasteiger partial charge in [0, 0.05) is 11.6 Å². The Kier molecular flexibility index (Phi) is 3.54. The van der Waals surface area contributed by atoms with Crippen LogP contribution in [0.25, 0.3) is 6.08 Å². The molecule has 1 aromatic carbocycles. The largest absolute Gasteiger partial charge is 0.496 e. The fourth-order valence-corrected chi connectivity index (χ4v) is 1.25. The number of halogens is 1. The van der Waals surface area contributed by atoms with Crippen LogP contribution in [0.15, 0.2) is 24.3 Å². The lowest BCUT2D eigenvalue weighted by Crippen LogP contribution is -2.05. The number of benzene rings is 1. The molecule has 0 aromatic heterocycles. The van der Waals surface area contributed by atoms with Gasteiger partial charge in [-0.25, -0.2) is 0 Å². The first-order chi connectivity index (χ1) is 6.65. The van der Waals surface area contributed by atoms with Gasteiger partial charge >= 0.3 is 0 Å². The van der Waals surface area contributed by atoms with E-state index < -0.39 is 5.91 Å². The zero-order valence-corrected chi connectivity index (χ0v) is 8.41. The lowest BCUT2D eigenvalue weighted by molar-refractivity contribution is -0.113. The van der Waals surface area contributed by atoms with E-state index in [-0.39, 0.29) is 0 Å². The third-order valence-corrected chi connectivity index (χ3v) is 1.98. The molecule has 14 heavy (non-hydrogen) atoms. The van der Waals surface area contributed by atoms with Gasteiger partial charge in [0.1, 0.15) is 5.75 Å². The second kappa shape index (κ2) is 4.67. The van der Waals surface area contributed by atoms with E-state index in [0.29, 0.717) is 16.3 Å². The Morgan fingerprint density at radius 3 is 2.86 bits per heavy atom. The van der Waals surface area contributed by atoms with Gasteiger partial charge in [0.15, 0.2) is 0 Å². The summed E-state index contributed by atoms with van der Waals surface area (Å²) < 4.78 is 5.07. The Morgan fingerprint density at radius 2 is 2.29 bits per heavy atom. The minimum atomic E-state index is -0.521. The summed E-state index contributed by atoms with van der Waals surface area (Å²) in [6.45, 7) is 0. The van der Waals surface area contributed by atoms with Gasteiger partial charge in [-0.3, -0.25) is 4.79 Å². The number of amides is 1. The van der Waals surface area contributed by atoms with Crippen molar-refractivity contribution in [1.29, 1.82) is 0 Å². The maximum atomic E-state index is 10.5. The Bertz CT molecular complexity index is 374. The van der Waals surface area contributed by atoms with Crippen LogP contribution in [0.4, 0.5) is 0 Å². The van der Waals surface area contributed by atoms with Gasteiger partial charge in [-0.2, -0.15) is 0 Å². The molecule has 0 aliphatic heterocycles. The van der Waals surface area contributed by atoms with Crippen molar-refractivity contribution < 1.29 is 9.53 Å². The van der Waals surface area contributed by atoms with Gasteiger partial charge in [-0.1, -0.05) is 17.7 Å². The molecule has 0 aliphatic rings. The minimum absolute atomic E-state index is 0.516. The molecule has 1 rings (SSSR count). The number of hydrogen-bond donors (Lipinski definition) is 1. The van der Waals surface area contributed by atoms with Gasteiger partial charge < -0.3 is 10.5 Å². The molecular formula is C10H10ClNO2. The highest BCUT2D eigenvalue weighted by atomic mass is 35.5. The first-order valence-electron chi connectivity index (χ1n) is 3.95. The van der Waals surface area contributed by atoms with Crippen molar-refractivity contribution in [2.45, 2.75) is 0 Å². The average molecular weight is 212 g/mol. The van der Waals surface area contributed by atoms with Crippen molar-refractivity contribution in [2.24, 2.45) is 5.73 Å². The highest BCUT2D eigenvalue weighted by Gasteiger charge is 2.03. The van der Waals surface area contributed by atoms with Crippen LogP contribution in [0.5, 0.6) is 5.75 Å². The Morgan fingerprint density at radius 1 is 1.57 bits per heavy atom. The third-order valence-electron chi connectivity index (χ3n) is 1.65. The summed E-state index contributed by atoms with van der Waals surface area (Å²) in [5.41, 5.74) is 5.62. The quantitative estimate of drug-likeness (QED) is 0.776. The molecular weight excluding hydrogens is 202 g/mol. The van der Waals surface area contributed by atoms with Crippen LogP contribution in [0, 0.1) is 0 Å². The molecule has 0 bridgehead atoms. The predicted molar refractivity (Wildman–Crippen MR) is 56.2 cm³/mol. The normalized spacial score (nSPS) is 10.4. The molecule has 2 N–H and O–H groups in total. The van der Waals surface area contributed by atoms with Crippen molar-refractivity contribution in [3.8, 4) is 5.75 Å². The van der Waals surface area contributed by atoms with Crippen LogP contribution >= 0.6 is 11.6 Å². The van der Waals surface area contributed by atoms with Crippen molar-refractivity contribution in [1.82, 2.24) is 0 Å². The van der Waals surface area contributed by atoms with Gasteiger partial charge in [0.05, 0.1) is 12.1 Å². The number of nitrogens with two attached hydrogens (primary N) is 1. The molecule has 0 aliphatic carbocycles. The van der Waals surface area contributed by atoms with Crippen molar-refractivity contribution >= 4 is 23.6 Å². The maximum Gasteiger partial charge on any atom is 0.241 e. The van der Waals surface area contributed by atoms with Crippen LogP contribution in [0.2, 0.25) is 5.02 Å². The van der Waals surface area contributed by atoms with Crippen LogP contribution in [0.1, 0.15) is 5.56 Å². The van der Waals surface area contributed by atoms with E-state index in [2.05, 4.69) is 0 Å². The number of rotatable bonds is 3. The third kappa shape index (κ3) is 2.50. The van der Waals surface area contributed by atoms with Crippen LogP contribution in [-0.4, -0.2) is 13.0 Å². The standard InChI is InChI=1S/C10H10ClNO2/c1-14-9-4-2-3-8(11)7(9)5-6-10(12)13/h2-6H,1H3,(H2,12,13). The lowest BCUT2D eigenvalue weighted by atomic mass is 10.2. The number of ether oxygens (including phenoxy) is 1. The van der Waals surface area contributed by atoms with Crippen LogP contribution in [0.3, 0.4) is 0 Å². The fraction of sp³-hybridized carbons (Fsp3) is 0.100. The molecule has 4 heteroatoms. The van der Waals surface area contributed by atoms with Crippen LogP contribution < -0.4 is 10.5 Å². The van der Waals surface area contributed by atoms with Gasteiger partial charge in [-0.05, 0) is 18.2 Å². The van der Waals surface area contributed by atoms with Gasteiger partial charge in [0.25, 0.3) is 0 Å². The molecule has 0 saturated heterocycles. The zero-order chi connectivity index (χ0) is 10.6. The monoisotopic (exact) mass is 211 g/mol. The molecule has 1 aromatic rings. The van der Waals surface area contributed by atoms with Crippen molar-refractivity contribution in [2.75, 3.05) is 7.11 Å². The second-order valence-corrected chi connectivity index (χ2v) is 3.00. The molecule has 0 unspecified atom stereocenters.